The minimum atomic E-state index is -0.249. The van der Waals surface area contributed by atoms with E-state index in [1.807, 2.05) is 45.0 Å². The molecule has 0 bridgehead atoms. The molecule has 2 aromatic carbocycles. The molecule has 1 aliphatic carbocycles. The fraction of sp³-hybridized carbons (Fsp3) is 0.364. The van der Waals surface area contributed by atoms with Crippen LogP contribution in [0.25, 0.3) is 0 Å². The summed E-state index contributed by atoms with van der Waals surface area (Å²) < 4.78 is 5.12. The van der Waals surface area contributed by atoms with Gasteiger partial charge in [0.25, 0.3) is 0 Å². The van der Waals surface area contributed by atoms with Crippen molar-refractivity contribution in [2.75, 3.05) is 12.4 Å². The predicted octanol–water partition coefficient (Wildman–Crippen LogP) is 3.51. The molecule has 0 aromatic heterocycles. The highest BCUT2D eigenvalue weighted by Crippen LogP contribution is 2.40. The summed E-state index contributed by atoms with van der Waals surface area (Å²) in [7, 11) is 1.62. The molecule has 5 nitrogen and oxygen atoms in total. The number of hydrogen-bond donors (Lipinski definition) is 2. The third-order valence-electron chi connectivity index (χ3n) is 5.02. The Morgan fingerprint density at radius 1 is 1.00 bits per heavy atom. The zero-order valence-electron chi connectivity index (χ0n) is 16.3. The van der Waals surface area contributed by atoms with Crippen molar-refractivity contribution in [1.82, 2.24) is 5.32 Å². The fourth-order valence-corrected chi connectivity index (χ4v) is 3.43. The molecule has 0 spiro atoms. The first-order valence-corrected chi connectivity index (χ1v) is 9.18. The Morgan fingerprint density at radius 3 is 2.19 bits per heavy atom. The average molecular weight is 366 g/mol. The van der Waals surface area contributed by atoms with Gasteiger partial charge in [0.05, 0.1) is 18.9 Å². The first kappa shape index (κ1) is 19.0. The minimum Gasteiger partial charge on any atom is -0.497 e. The van der Waals surface area contributed by atoms with Gasteiger partial charge in [-0.1, -0.05) is 29.8 Å². The van der Waals surface area contributed by atoms with Crippen molar-refractivity contribution in [2.45, 2.75) is 33.7 Å². The SMILES string of the molecule is COc1ccc(CNC(=O)C2CC2C(=O)Nc2c(C)cc(C)cc2C)cc1. The zero-order chi connectivity index (χ0) is 19.6. The lowest BCUT2D eigenvalue weighted by atomic mass is 10.0. The number of benzene rings is 2. The Kier molecular flexibility index (Phi) is 5.49. The molecule has 1 fully saturated rings. The summed E-state index contributed by atoms with van der Waals surface area (Å²) in [5, 5.41) is 5.92. The van der Waals surface area contributed by atoms with Crippen LogP contribution in [0.2, 0.25) is 0 Å². The molecule has 0 radical (unpaired) electrons. The minimum absolute atomic E-state index is 0.0664. The van der Waals surface area contributed by atoms with Crippen molar-refractivity contribution in [3.63, 3.8) is 0 Å². The Morgan fingerprint density at radius 2 is 1.59 bits per heavy atom. The van der Waals surface area contributed by atoms with Crippen LogP contribution in [-0.2, 0) is 16.1 Å². The first-order chi connectivity index (χ1) is 12.9. The Hall–Kier alpha value is -2.82. The van der Waals surface area contributed by atoms with Gasteiger partial charge in [0.1, 0.15) is 5.75 Å². The van der Waals surface area contributed by atoms with E-state index in [1.165, 1.54) is 5.56 Å². The van der Waals surface area contributed by atoms with E-state index in [4.69, 9.17) is 4.74 Å². The van der Waals surface area contributed by atoms with Gasteiger partial charge in [-0.05, 0) is 56.0 Å². The molecule has 2 unspecified atom stereocenters. The number of anilines is 1. The Labute approximate surface area is 160 Å². The third kappa shape index (κ3) is 4.48. The normalized spacial score (nSPS) is 17.9. The van der Waals surface area contributed by atoms with Crippen molar-refractivity contribution in [3.8, 4) is 5.75 Å². The van der Waals surface area contributed by atoms with Gasteiger partial charge < -0.3 is 15.4 Å². The smallest absolute Gasteiger partial charge is 0.228 e. The van der Waals surface area contributed by atoms with Crippen LogP contribution in [0.4, 0.5) is 5.69 Å². The molecule has 142 valence electrons. The van der Waals surface area contributed by atoms with E-state index in [1.54, 1.807) is 7.11 Å². The van der Waals surface area contributed by atoms with Crippen molar-refractivity contribution >= 4 is 17.5 Å². The van der Waals surface area contributed by atoms with Gasteiger partial charge in [-0.15, -0.1) is 0 Å². The molecule has 5 heteroatoms. The van der Waals surface area contributed by atoms with E-state index in [0.717, 1.165) is 28.1 Å². The molecule has 1 aliphatic rings. The van der Waals surface area contributed by atoms with Gasteiger partial charge in [0.2, 0.25) is 11.8 Å². The van der Waals surface area contributed by atoms with Crippen LogP contribution in [0, 0.1) is 32.6 Å². The highest BCUT2D eigenvalue weighted by atomic mass is 16.5. The summed E-state index contributed by atoms with van der Waals surface area (Å²) >= 11 is 0. The number of ether oxygens (including phenoxy) is 1. The summed E-state index contributed by atoms with van der Waals surface area (Å²) in [4.78, 5) is 24.9. The molecule has 2 atom stereocenters. The van der Waals surface area contributed by atoms with Gasteiger partial charge >= 0.3 is 0 Å². The zero-order valence-corrected chi connectivity index (χ0v) is 16.3. The summed E-state index contributed by atoms with van der Waals surface area (Å²) in [6.45, 7) is 6.46. The predicted molar refractivity (Wildman–Crippen MR) is 106 cm³/mol. The second-order valence-electron chi connectivity index (χ2n) is 7.28. The molecule has 2 amide bonds. The molecule has 2 N–H and O–H groups in total. The quantitative estimate of drug-likeness (QED) is 0.822. The molecular weight excluding hydrogens is 340 g/mol. The van der Waals surface area contributed by atoms with Gasteiger partial charge in [0.15, 0.2) is 0 Å². The van der Waals surface area contributed by atoms with Crippen LogP contribution in [0.5, 0.6) is 5.75 Å². The van der Waals surface area contributed by atoms with Crippen LogP contribution in [-0.4, -0.2) is 18.9 Å². The molecule has 1 saturated carbocycles. The van der Waals surface area contributed by atoms with Gasteiger partial charge in [-0.2, -0.15) is 0 Å². The highest BCUT2D eigenvalue weighted by Gasteiger charge is 2.48. The molecular formula is C22H26N2O3. The monoisotopic (exact) mass is 366 g/mol. The van der Waals surface area contributed by atoms with Gasteiger partial charge in [0, 0.05) is 12.2 Å². The van der Waals surface area contributed by atoms with Crippen molar-refractivity contribution in [1.29, 1.82) is 0 Å². The van der Waals surface area contributed by atoms with Gasteiger partial charge in [-0.25, -0.2) is 0 Å². The Bertz CT molecular complexity index is 835. The molecule has 2 aromatic rings. The van der Waals surface area contributed by atoms with E-state index in [0.29, 0.717) is 13.0 Å². The fourth-order valence-electron chi connectivity index (χ4n) is 3.43. The molecule has 0 saturated heterocycles. The number of rotatable bonds is 6. The standard InChI is InChI=1S/C22H26N2O3/c1-13-9-14(2)20(15(3)10-13)24-22(26)19-11-18(19)21(25)23-12-16-5-7-17(27-4)8-6-16/h5-10,18-19H,11-12H2,1-4H3,(H,23,25)(H,24,26). The third-order valence-corrected chi connectivity index (χ3v) is 5.02. The van der Waals surface area contributed by atoms with Crippen LogP contribution in [0.3, 0.4) is 0 Å². The number of nitrogens with one attached hydrogen (secondary N) is 2. The maximum Gasteiger partial charge on any atom is 0.228 e. The summed E-state index contributed by atoms with van der Waals surface area (Å²) in [5.41, 5.74) is 5.11. The molecule has 0 aliphatic heterocycles. The van der Waals surface area contributed by atoms with E-state index < -0.39 is 0 Å². The summed E-state index contributed by atoms with van der Waals surface area (Å²) in [6, 6.07) is 11.7. The van der Waals surface area contributed by atoms with E-state index in [9.17, 15) is 9.59 Å². The Balaban J connectivity index is 1.52. The lowest BCUT2D eigenvalue weighted by molar-refractivity contribution is -0.125. The van der Waals surface area contributed by atoms with Crippen molar-refractivity contribution in [3.05, 3.63) is 58.7 Å². The lowest BCUT2D eigenvalue weighted by Gasteiger charge is -2.13. The number of carbonyl (C=O) groups excluding carboxylic acids is 2. The van der Waals surface area contributed by atoms with Crippen LogP contribution in [0.1, 0.15) is 28.7 Å². The number of methoxy groups -OCH3 is 1. The molecule has 0 heterocycles. The second-order valence-corrected chi connectivity index (χ2v) is 7.28. The highest BCUT2D eigenvalue weighted by molar-refractivity contribution is 6.00. The van der Waals surface area contributed by atoms with E-state index >= 15 is 0 Å². The maximum absolute atomic E-state index is 12.5. The van der Waals surface area contributed by atoms with Crippen LogP contribution >= 0.6 is 0 Å². The summed E-state index contributed by atoms with van der Waals surface area (Å²) in [5.74, 6) is 0.152. The van der Waals surface area contributed by atoms with E-state index in [2.05, 4.69) is 22.8 Å². The van der Waals surface area contributed by atoms with Crippen molar-refractivity contribution in [2.24, 2.45) is 11.8 Å². The topological polar surface area (TPSA) is 67.4 Å². The lowest BCUT2D eigenvalue weighted by Crippen LogP contribution is -2.27. The number of amides is 2. The van der Waals surface area contributed by atoms with E-state index in [-0.39, 0.29) is 23.7 Å². The van der Waals surface area contributed by atoms with Crippen LogP contribution < -0.4 is 15.4 Å². The second kappa shape index (κ2) is 7.82. The summed E-state index contributed by atoms with van der Waals surface area (Å²) in [6.07, 6.45) is 0.601. The van der Waals surface area contributed by atoms with Crippen molar-refractivity contribution < 1.29 is 14.3 Å². The van der Waals surface area contributed by atoms with Crippen LogP contribution in [0.15, 0.2) is 36.4 Å². The van der Waals surface area contributed by atoms with Gasteiger partial charge in [-0.3, -0.25) is 9.59 Å². The number of carbonyl (C=O) groups is 2. The maximum atomic E-state index is 12.5. The molecule has 27 heavy (non-hydrogen) atoms. The number of aryl methyl sites for hydroxylation is 3. The molecule has 3 rings (SSSR count). The number of hydrogen-bond acceptors (Lipinski definition) is 3. The first-order valence-electron chi connectivity index (χ1n) is 9.18. The largest absolute Gasteiger partial charge is 0.497 e. The average Bonchev–Trinajstić information content (AvgIpc) is 3.44.